The van der Waals surface area contributed by atoms with Gasteiger partial charge in [-0.2, -0.15) is 0 Å². The maximum absolute atomic E-state index is 11.9. The van der Waals surface area contributed by atoms with E-state index in [1.807, 2.05) is 13.8 Å². The van der Waals surface area contributed by atoms with Gasteiger partial charge in [-0.15, -0.1) is 0 Å². The van der Waals surface area contributed by atoms with Gasteiger partial charge < -0.3 is 4.74 Å². The Morgan fingerprint density at radius 1 is 1.30 bits per heavy atom. The molecular weight excluding hydrogens is 252 g/mol. The molecule has 0 N–H and O–H groups in total. The van der Waals surface area contributed by atoms with Crippen LogP contribution in [0.1, 0.15) is 74.2 Å². The van der Waals surface area contributed by atoms with Gasteiger partial charge in [0.15, 0.2) is 0 Å². The quantitative estimate of drug-likeness (QED) is 0.790. The number of aromatic nitrogens is 2. The van der Waals surface area contributed by atoms with Crippen molar-refractivity contribution in [1.82, 2.24) is 9.97 Å². The molecule has 0 atom stereocenters. The zero-order chi connectivity index (χ0) is 14.5. The third kappa shape index (κ3) is 3.35. The molecule has 1 aromatic heterocycles. The summed E-state index contributed by atoms with van der Waals surface area (Å²) in [6.07, 6.45) is 7.18. The molecule has 1 aliphatic carbocycles. The van der Waals surface area contributed by atoms with Gasteiger partial charge in [-0.3, -0.25) is 0 Å². The predicted molar refractivity (Wildman–Crippen MR) is 77.7 cm³/mol. The number of esters is 1. The second-order valence-electron chi connectivity index (χ2n) is 5.62. The van der Waals surface area contributed by atoms with Crippen LogP contribution in [0.5, 0.6) is 0 Å². The second-order valence-corrected chi connectivity index (χ2v) is 5.62. The minimum atomic E-state index is -0.312. The van der Waals surface area contributed by atoms with E-state index in [0.717, 1.165) is 36.7 Å². The van der Waals surface area contributed by atoms with Crippen LogP contribution in [-0.4, -0.2) is 22.5 Å². The van der Waals surface area contributed by atoms with Gasteiger partial charge in [0.2, 0.25) is 0 Å². The average molecular weight is 276 g/mol. The highest BCUT2D eigenvalue weighted by atomic mass is 16.5. The summed E-state index contributed by atoms with van der Waals surface area (Å²) in [7, 11) is 0. The first-order valence-corrected chi connectivity index (χ1v) is 7.68. The van der Waals surface area contributed by atoms with Gasteiger partial charge in [-0.1, -0.05) is 26.7 Å². The Morgan fingerprint density at radius 3 is 2.60 bits per heavy atom. The van der Waals surface area contributed by atoms with Gasteiger partial charge in [-0.25, -0.2) is 14.8 Å². The van der Waals surface area contributed by atoms with E-state index in [4.69, 9.17) is 4.74 Å². The van der Waals surface area contributed by atoms with Crippen molar-refractivity contribution in [2.75, 3.05) is 6.61 Å². The summed E-state index contributed by atoms with van der Waals surface area (Å²) >= 11 is 0. The van der Waals surface area contributed by atoms with Crippen LogP contribution in [0.3, 0.4) is 0 Å². The molecule has 1 aromatic rings. The van der Waals surface area contributed by atoms with Gasteiger partial charge in [0.05, 0.1) is 17.9 Å². The Balaban J connectivity index is 2.18. The number of aryl methyl sites for hydroxylation is 1. The van der Waals surface area contributed by atoms with Gasteiger partial charge in [-0.05, 0) is 32.1 Å². The highest BCUT2D eigenvalue weighted by Crippen LogP contribution is 2.34. The zero-order valence-electron chi connectivity index (χ0n) is 12.7. The molecule has 110 valence electrons. The summed E-state index contributed by atoms with van der Waals surface area (Å²) in [5.74, 6) is 1.86. The third-order valence-electron chi connectivity index (χ3n) is 4.10. The van der Waals surface area contributed by atoms with Crippen LogP contribution < -0.4 is 0 Å². The topological polar surface area (TPSA) is 52.1 Å². The lowest BCUT2D eigenvalue weighted by molar-refractivity contribution is 0.0524. The Hall–Kier alpha value is -1.45. The van der Waals surface area contributed by atoms with Gasteiger partial charge in [0.1, 0.15) is 5.82 Å². The van der Waals surface area contributed by atoms with E-state index in [2.05, 4.69) is 16.9 Å². The molecule has 0 aliphatic heterocycles. The predicted octanol–water partition coefficient (Wildman–Crippen LogP) is 3.51. The fraction of sp³-hybridized carbons (Fsp3) is 0.688. The summed E-state index contributed by atoms with van der Waals surface area (Å²) in [5.41, 5.74) is 1.33. The van der Waals surface area contributed by atoms with Crippen molar-refractivity contribution < 1.29 is 9.53 Å². The number of carbonyl (C=O) groups excluding carboxylic acids is 1. The number of ether oxygens (including phenoxy) is 1. The largest absolute Gasteiger partial charge is 0.462 e. The lowest BCUT2D eigenvalue weighted by Gasteiger charge is -2.25. The standard InChI is InChI=1S/C16H24N2O2/c1-4-14-13(16(19)20-5-2)10-17-15(18-14)12-8-6-11(3)7-9-12/h10-12H,4-9H2,1-3H3. The van der Waals surface area contributed by atoms with E-state index in [0.29, 0.717) is 18.1 Å². The van der Waals surface area contributed by atoms with E-state index in [9.17, 15) is 4.79 Å². The lowest BCUT2D eigenvalue weighted by Crippen LogP contribution is -2.17. The minimum Gasteiger partial charge on any atom is -0.462 e. The van der Waals surface area contributed by atoms with Crippen molar-refractivity contribution in [3.8, 4) is 0 Å². The lowest BCUT2D eigenvalue weighted by atomic mass is 9.82. The first kappa shape index (κ1) is 14.9. The fourth-order valence-electron chi connectivity index (χ4n) is 2.80. The summed E-state index contributed by atoms with van der Waals surface area (Å²) in [5, 5.41) is 0. The molecule has 2 rings (SSSR count). The van der Waals surface area contributed by atoms with E-state index in [1.54, 1.807) is 6.20 Å². The van der Waals surface area contributed by atoms with Crippen LogP contribution in [0.4, 0.5) is 0 Å². The molecule has 1 saturated carbocycles. The third-order valence-corrected chi connectivity index (χ3v) is 4.10. The van der Waals surface area contributed by atoms with Gasteiger partial charge >= 0.3 is 5.97 Å². The first-order valence-electron chi connectivity index (χ1n) is 7.68. The van der Waals surface area contributed by atoms with Crippen molar-refractivity contribution in [2.24, 2.45) is 5.92 Å². The SMILES string of the molecule is CCOC(=O)c1cnc(C2CCC(C)CC2)nc1CC. The van der Waals surface area contributed by atoms with Crippen molar-refractivity contribution in [3.63, 3.8) is 0 Å². The Kier molecular flexibility index (Phi) is 5.10. The first-order chi connectivity index (χ1) is 9.65. The molecule has 1 fully saturated rings. The summed E-state index contributed by atoms with van der Waals surface area (Å²) in [6.45, 7) is 6.50. The molecule has 0 aromatic carbocycles. The molecule has 4 nitrogen and oxygen atoms in total. The molecule has 1 heterocycles. The molecule has 4 heteroatoms. The second kappa shape index (κ2) is 6.82. The van der Waals surface area contributed by atoms with Crippen LogP contribution in [0.25, 0.3) is 0 Å². The Morgan fingerprint density at radius 2 is 2.00 bits per heavy atom. The number of nitrogens with zero attached hydrogens (tertiary/aromatic N) is 2. The molecule has 0 spiro atoms. The van der Waals surface area contributed by atoms with Gasteiger partial charge in [0, 0.05) is 12.1 Å². The van der Waals surface area contributed by atoms with Crippen LogP contribution >= 0.6 is 0 Å². The number of rotatable bonds is 4. The normalized spacial score (nSPS) is 22.6. The smallest absolute Gasteiger partial charge is 0.341 e. The number of hydrogen-bond donors (Lipinski definition) is 0. The Labute approximate surface area is 121 Å². The molecule has 0 bridgehead atoms. The van der Waals surface area contributed by atoms with E-state index in [-0.39, 0.29) is 5.97 Å². The summed E-state index contributed by atoms with van der Waals surface area (Å²) < 4.78 is 5.05. The number of hydrogen-bond acceptors (Lipinski definition) is 4. The summed E-state index contributed by atoms with van der Waals surface area (Å²) in [4.78, 5) is 20.9. The highest BCUT2D eigenvalue weighted by molar-refractivity contribution is 5.90. The zero-order valence-corrected chi connectivity index (χ0v) is 12.7. The fourth-order valence-corrected chi connectivity index (χ4v) is 2.80. The molecule has 1 aliphatic rings. The highest BCUT2D eigenvalue weighted by Gasteiger charge is 2.23. The van der Waals surface area contributed by atoms with Crippen LogP contribution in [0.15, 0.2) is 6.20 Å². The molecule has 20 heavy (non-hydrogen) atoms. The maximum Gasteiger partial charge on any atom is 0.341 e. The maximum atomic E-state index is 11.9. The van der Waals surface area contributed by atoms with Crippen LogP contribution in [0.2, 0.25) is 0 Å². The molecule has 0 amide bonds. The minimum absolute atomic E-state index is 0.312. The summed E-state index contributed by atoms with van der Waals surface area (Å²) in [6, 6.07) is 0. The molecule has 0 unspecified atom stereocenters. The van der Waals surface area contributed by atoms with Crippen LogP contribution in [0, 0.1) is 5.92 Å². The molecular formula is C16H24N2O2. The van der Waals surface area contributed by atoms with Crippen LogP contribution in [-0.2, 0) is 11.2 Å². The number of carbonyl (C=O) groups is 1. The van der Waals surface area contributed by atoms with Crippen molar-refractivity contribution in [3.05, 3.63) is 23.3 Å². The van der Waals surface area contributed by atoms with E-state index < -0.39 is 0 Å². The van der Waals surface area contributed by atoms with E-state index >= 15 is 0 Å². The Bertz CT molecular complexity index is 466. The van der Waals surface area contributed by atoms with Crippen molar-refractivity contribution in [2.45, 2.75) is 58.8 Å². The molecule has 0 saturated heterocycles. The van der Waals surface area contributed by atoms with Crippen molar-refractivity contribution >= 4 is 5.97 Å². The van der Waals surface area contributed by atoms with E-state index in [1.165, 1.54) is 12.8 Å². The molecule has 0 radical (unpaired) electrons. The van der Waals surface area contributed by atoms with Gasteiger partial charge in [0.25, 0.3) is 0 Å². The monoisotopic (exact) mass is 276 g/mol. The average Bonchev–Trinajstić information content (AvgIpc) is 2.47. The van der Waals surface area contributed by atoms with Crippen molar-refractivity contribution in [1.29, 1.82) is 0 Å².